The van der Waals surface area contributed by atoms with E-state index in [0.717, 1.165) is 37.0 Å². The lowest BCUT2D eigenvalue weighted by molar-refractivity contribution is -0.0766. The first-order valence-electron chi connectivity index (χ1n) is 7.43. The van der Waals surface area contributed by atoms with Crippen molar-refractivity contribution in [2.24, 2.45) is 17.8 Å². The normalized spacial score (nSPS) is 37.3. The van der Waals surface area contributed by atoms with Crippen molar-refractivity contribution >= 4 is 15.9 Å². The first kappa shape index (κ1) is 14.8. The second kappa shape index (κ2) is 6.71. The van der Waals surface area contributed by atoms with Gasteiger partial charge < -0.3 is 9.47 Å². The molecule has 2 rings (SSSR count). The van der Waals surface area contributed by atoms with Gasteiger partial charge >= 0.3 is 0 Å². The highest BCUT2D eigenvalue weighted by Gasteiger charge is 2.36. The van der Waals surface area contributed by atoms with Crippen molar-refractivity contribution in [3.63, 3.8) is 0 Å². The highest BCUT2D eigenvalue weighted by molar-refractivity contribution is 9.09. The predicted molar refractivity (Wildman–Crippen MR) is 78.2 cm³/mol. The summed E-state index contributed by atoms with van der Waals surface area (Å²) in [6.45, 7) is 7.40. The topological polar surface area (TPSA) is 18.5 Å². The maximum Gasteiger partial charge on any atom is 0.0779 e. The van der Waals surface area contributed by atoms with E-state index in [9.17, 15) is 0 Å². The van der Waals surface area contributed by atoms with E-state index in [1.54, 1.807) is 0 Å². The molecule has 0 amide bonds. The number of hydrogen-bond acceptors (Lipinski definition) is 2. The van der Waals surface area contributed by atoms with Gasteiger partial charge in [0.25, 0.3) is 0 Å². The Morgan fingerprint density at radius 1 is 1.28 bits per heavy atom. The largest absolute Gasteiger partial charge is 0.381 e. The summed E-state index contributed by atoms with van der Waals surface area (Å²) < 4.78 is 11.7. The zero-order chi connectivity index (χ0) is 13.0. The van der Waals surface area contributed by atoms with Gasteiger partial charge in [0.2, 0.25) is 0 Å². The van der Waals surface area contributed by atoms with E-state index in [4.69, 9.17) is 9.47 Å². The van der Waals surface area contributed by atoms with Gasteiger partial charge in [0.1, 0.15) is 0 Å². The monoisotopic (exact) mass is 318 g/mol. The Bertz CT molecular complexity index is 241. The maximum absolute atomic E-state index is 6.30. The van der Waals surface area contributed by atoms with E-state index in [1.165, 1.54) is 32.1 Å². The Balaban J connectivity index is 1.80. The quantitative estimate of drug-likeness (QED) is 0.713. The van der Waals surface area contributed by atoms with Crippen molar-refractivity contribution in [3.8, 4) is 0 Å². The summed E-state index contributed by atoms with van der Waals surface area (Å²) >= 11 is 3.68. The number of alkyl halides is 1. The van der Waals surface area contributed by atoms with Crippen LogP contribution in [0.1, 0.15) is 46.0 Å². The Morgan fingerprint density at radius 3 is 2.50 bits per heavy atom. The second-order valence-corrected chi connectivity index (χ2v) is 7.00. The highest BCUT2D eigenvalue weighted by atomic mass is 79.9. The third kappa shape index (κ3) is 3.71. The minimum atomic E-state index is 0.105. The van der Waals surface area contributed by atoms with E-state index in [-0.39, 0.29) is 5.60 Å². The van der Waals surface area contributed by atoms with Gasteiger partial charge in [0.15, 0.2) is 0 Å². The van der Waals surface area contributed by atoms with Crippen LogP contribution in [0.15, 0.2) is 0 Å². The number of halogens is 1. The summed E-state index contributed by atoms with van der Waals surface area (Å²) in [5.74, 6) is 2.35. The molecule has 106 valence electrons. The molecule has 0 radical (unpaired) electrons. The van der Waals surface area contributed by atoms with E-state index < -0.39 is 0 Å². The smallest absolute Gasteiger partial charge is 0.0779 e. The summed E-state index contributed by atoms with van der Waals surface area (Å²) in [5.41, 5.74) is 0.105. The molecule has 1 heterocycles. The molecule has 0 aromatic carbocycles. The molecule has 0 N–H and O–H groups in total. The van der Waals surface area contributed by atoms with Crippen LogP contribution >= 0.6 is 15.9 Å². The van der Waals surface area contributed by atoms with Crippen LogP contribution in [0.3, 0.4) is 0 Å². The van der Waals surface area contributed by atoms with Gasteiger partial charge in [-0.15, -0.1) is 0 Å². The van der Waals surface area contributed by atoms with Crippen LogP contribution in [-0.4, -0.2) is 30.8 Å². The van der Waals surface area contributed by atoms with Crippen LogP contribution < -0.4 is 0 Å². The molecule has 18 heavy (non-hydrogen) atoms. The average molecular weight is 319 g/mol. The van der Waals surface area contributed by atoms with Gasteiger partial charge in [-0.2, -0.15) is 0 Å². The molecule has 1 aliphatic carbocycles. The Hall–Kier alpha value is 0.400. The summed E-state index contributed by atoms with van der Waals surface area (Å²) in [6.07, 6.45) is 6.26. The van der Waals surface area contributed by atoms with Crippen LogP contribution in [0.5, 0.6) is 0 Å². The van der Waals surface area contributed by atoms with E-state index in [2.05, 4.69) is 29.8 Å². The lowest BCUT2D eigenvalue weighted by Gasteiger charge is -2.40. The fraction of sp³-hybridized carbons (Fsp3) is 1.00. The molecule has 1 unspecified atom stereocenters. The standard InChI is InChI=1S/C15H27BrO2/c1-12(2)14-3-6-15(11-16,7-4-14)18-10-13-5-8-17-9-13/h12-14H,3-11H2,1-2H3. The first-order valence-corrected chi connectivity index (χ1v) is 8.55. The van der Waals surface area contributed by atoms with Crippen LogP contribution in [0.2, 0.25) is 0 Å². The molecule has 2 nitrogen and oxygen atoms in total. The summed E-state index contributed by atoms with van der Waals surface area (Å²) in [4.78, 5) is 0. The molecular formula is C15H27BrO2. The summed E-state index contributed by atoms with van der Waals surface area (Å²) in [5, 5.41) is 0.985. The van der Waals surface area contributed by atoms with E-state index in [1.807, 2.05) is 0 Å². The summed E-state index contributed by atoms with van der Waals surface area (Å²) in [7, 11) is 0. The molecule has 0 aromatic rings. The minimum absolute atomic E-state index is 0.105. The Labute approximate surface area is 120 Å². The molecule has 2 fully saturated rings. The predicted octanol–water partition coefficient (Wildman–Crippen LogP) is 4.02. The fourth-order valence-electron chi connectivity index (χ4n) is 3.16. The molecular weight excluding hydrogens is 292 g/mol. The second-order valence-electron chi connectivity index (χ2n) is 6.44. The summed E-state index contributed by atoms with van der Waals surface area (Å²) in [6, 6.07) is 0. The minimum Gasteiger partial charge on any atom is -0.381 e. The van der Waals surface area contributed by atoms with Gasteiger partial charge in [-0.05, 0) is 43.9 Å². The van der Waals surface area contributed by atoms with E-state index in [0.29, 0.717) is 5.92 Å². The van der Waals surface area contributed by atoms with Crippen molar-refractivity contribution in [3.05, 3.63) is 0 Å². The zero-order valence-corrected chi connectivity index (χ0v) is 13.4. The molecule has 0 spiro atoms. The average Bonchev–Trinajstić information content (AvgIpc) is 2.90. The van der Waals surface area contributed by atoms with Crippen molar-refractivity contribution in [1.29, 1.82) is 0 Å². The van der Waals surface area contributed by atoms with Gasteiger partial charge in [0.05, 0.1) is 18.8 Å². The Morgan fingerprint density at radius 2 is 2.00 bits per heavy atom. The van der Waals surface area contributed by atoms with Crippen LogP contribution in [0.4, 0.5) is 0 Å². The molecule has 1 atom stereocenters. The van der Waals surface area contributed by atoms with Gasteiger partial charge in [0, 0.05) is 17.9 Å². The third-order valence-corrected chi connectivity index (χ3v) is 5.80. The van der Waals surface area contributed by atoms with Crippen molar-refractivity contribution < 1.29 is 9.47 Å². The highest BCUT2D eigenvalue weighted by Crippen LogP contribution is 2.39. The Kier molecular flexibility index (Phi) is 5.52. The van der Waals surface area contributed by atoms with Crippen LogP contribution in [0.25, 0.3) is 0 Å². The third-order valence-electron chi connectivity index (χ3n) is 4.78. The van der Waals surface area contributed by atoms with E-state index >= 15 is 0 Å². The number of hydrogen-bond donors (Lipinski definition) is 0. The van der Waals surface area contributed by atoms with Crippen molar-refractivity contribution in [2.75, 3.05) is 25.2 Å². The van der Waals surface area contributed by atoms with Crippen molar-refractivity contribution in [1.82, 2.24) is 0 Å². The molecule has 2 aliphatic rings. The lowest BCUT2D eigenvalue weighted by Crippen LogP contribution is -2.41. The fourth-order valence-corrected chi connectivity index (χ4v) is 3.88. The van der Waals surface area contributed by atoms with Crippen LogP contribution in [0, 0.1) is 17.8 Å². The number of rotatable bonds is 5. The van der Waals surface area contributed by atoms with Gasteiger partial charge in [-0.25, -0.2) is 0 Å². The lowest BCUT2D eigenvalue weighted by atomic mass is 9.75. The van der Waals surface area contributed by atoms with Crippen LogP contribution in [-0.2, 0) is 9.47 Å². The molecule has 0 bridgehead atoms. The van der Waals surface area contributed by atoms with Gasteiger partial charge in [-0.1, -0.05) is 29.8 Å². The molecule has 1 saturated heterocycles. The van der Waals surface area contributed by atoms with Gasteiger partial charge in [-0.3, -0.25) is 0 Å². The zero-order valence-electron chi connectivity index (χ0n) is 11.8. The molecule has 1 saturated carbocycles. The first-order chi connectivity index (χ1) is 8.65. The maximum atomic E-state index is 6.30. The molecule has 0 aromatic heterocycles. The number of ether oxygens (including phenoxy) is 2. The SMILES string of the molecule is CC(C)C1CCC(CBr)(OCC2CCOC2)CC1. The van der Waals surface area contributed by atoms with Crippen molar-refractivity contribution in [2.45, 2.75) is 51.6 Å². The molecule has 1 aliphatic heterocycles. The molecule has 3 heteroatoms.